The number of sulfonamides is 1. The fourth-order valence-electron chi connectivity index (χ4n) is 2.42. The first kappa shape index (κ1) is 16.1. The van der Waals surface area contributed by atoms with Crippen molar-refractivity contribution in [3.63, 3.8) is 0 Å². The van der Waals surface area contributed by atoms with Crippen LogP contribution < -0.4 is 0 Å². The molecule has 1 aromatic carbocycles. The third kappa shape index (κ3) is 2.66. The maximum absolute atomic E-state index is 12.9. The molecule has 0 amide bonds. The first-order chi connectivity index (χ1) is 10.8. The van der Waals surface area contributed by atoms with Gasteiger partial charge in [-0.25, -0.2) is 13.4 Å². The van der Waals surface area contributed by atoms with E-state index in [0.717, 1.165) is 15.2 Å². The van der Waals surface area contributed by atoms with Gasteiger partial charge in [-0.1, -0.05) is 17.3 Å². The molecule has 0 radical (unpaired) electrons. The summed E-state index contributed by atoms with van der Waals surface area (Å²) < 4.78 is 33.1. The van der Waals surface area contributed by atoms with Gasteiger partial charge in [0.05, 0.1) is 16.3 Å². The Balaban J connectivity index is 2.00. The van der Waals surface area contributed by atoms with Gasteiger partial charge in [0.1, 0.15) is 15.6 Å². The lowest BCUT2D eigenvalue weighted by molar-refractivity contribution is 0.384. The summed E-state index contributed by atoms with van der Waals surface area (Å²) in [5.41, 5.74) is 1.24. The standard InChI is InChI=1S/C15H17N3O3S2/c1-9-14(11(3)21-17-9)23(19,20)18(4)10(2)15-16-12-7-5-6-8-13(12)22-15/h5-8,10H,1-4H3/t10-/m0/s1. The molecule has 8 heteroatoms. The Bertz CT molecular complexity index is 907. The van der Waals surface area contributed by atoms with E-state index in [2.05, 4.69) is 10.1 Å². The summed E-state index contributed by atoms with van der Waals surface area (Å²) in [6.45, 7) is 5.05. The van der Waals surface area contributed by atoms with Crippen molar-refractivity contribution in [1.82, 2.24) is 14.4 Å². The first-order valence-electron chi connectivity index (χ1n) is 7.08. The lowest BCUT2D eigenvalue weighted by atomic mass is 10.3. The van der Waals surface area contributed by atoms with Gasteiger partial charge in [0, 0.05) is 7.05 Å². The van der Waals surface area contributed by atoms with Crippen molar-refractivity contribution in [3.05, 3.63) is 40.7 Å². The highest BCUT2D eigenvalue weighted by Crippen LogP contribution is 2.33. The molecule has 0 bridgehead atoms. The zero-order valence-electron chi connectivity index (χ0n) is 13.3. The largest absolute Gasteiger partial charge is 0.360 e. The minimum Gasteiger partial charge on any atom is -0.360 e. The summed E-state index contributed by atoms with van der Waals surface area (Å²) in [6, 6.07) is 7.38. The average molecular weight is 351 g/mol. The first-order valence-corrected chi connectivity index (χ1v) is 9.34. The van der Waals surface area contributed by atoms with E-state index in [1.807, 2.05) is 31.2 Å². The highest BCUT2D eigenvalue weighted by Gasteiger charge is 2.33. The van der Waals surface area contributed by atoms with Gasteiger partial charge in [-0.2, -0.15) is 4.31 Å². The van der Waals surface area contributed by atoms with Crippen LogP contribution >= 0.6 is 11.3 Å². The second-order valence-corrected chi connectivity index (χ2v) is 8.37. The van der Waals surface area contributed by atoms with Crippen molar-refractivity contribution in [2.75, 3.05) is 7.05 Å². The smallest absolute Gasteiger partial charge is 0.248 e. The van der Waals surface area contributed by atoms with E-state index in [4.69, 9.17) is 4.52 Å². The molecule has 23 heavy (non-hydrogen) atoms. The van der Waals surface area contributed by atoms with Crippen LogP contribution in [0.2, 0.25) is 0 Å². The number of aromatic nitrogens is 2. The molecule has 2 heterocycles. The van der Waals surface area contributed by atoms with E-state index >= 15 is 0 Å². The van der Waals surface area contributed by atoms with E-state index in [0.29, 0.717) is 11.5 Å². The molecule has 3 rings (SSSR count). The molecule has 0 fully saturated rings. The molecule has 2 aromatic heterocycles. The molecular weight excluding hydrogens is 334 g/mol. The molecule has 0 aliphatic carbocycles. The number of nitrogens with zero attached hydrogens (tertiary/aromatic N) is 3. The Morgan fingerprint density at radius 3 is 2.57 bits per heavy atom. The summed E-state index contributed by atoms with van der Waals surface area (Å²) in [4.78, 5) is 4.68. The lowest BCUT2D eigenvalue weighted by Crippen LogP contribution is -2.30. The summed E-state index contributed by atoms with van der Waals surface area (Å²) in [5, 5.41) is 4.49. The predicted molar refractivity (Wildman–Crippen MR) is 89.0 cm³/mol. The molecule has 122 valence electrons. The molecule has 0 saturated heterocycles. The fourth-order valence-corrected chi connectivity index (χ4v) is 5.16. The molecule has 0 spiro atoms. The van der Waals surface area contributed by atoms with Crippen molar-refractivity contribution < 1.29 is 12.9 Å². The van der Waals surface area contributed by atoms with E-state index in [9.17, 15) is 8.42 Å². The summed E-state index contributed by atoms with van der Waals surface area (Å²) >= 11 is 1.50. The number of para-hydroxylation sites is 1. The Kier molecular flexibility index (Phi) is 3.99. The Morgan fingerprint density at radius 2 is 1.96 bits per heavy atom. The van der Waals surface area contributed by atoms with Crippen LogP contribution in [0.4, 0.5) is 0 Å². The highest BCUT2D eigenvalue weighted by atomic mass is 32.2. The van der Waals surface area contributed by atoms with Crippen molar-refractivity contribution in [1.29, 1.82) is 0 Å². The van der Waals surface area contributed by atoms with Crippen LogP contribution in [0.25, 0.3) is 10.2 Å². The SMILES string of the molecule is Cc1noc(C)c1S(=O)(=O)N(C)[C@@H](C)c1nc2ccccc2s1. The number of rotatable bonds is 4. The van der Waals surface area contributed by atoms with Crippen LogP contribution in [-0.4, -0.2) is 29.9 Å². The number of benzene rings is 1. The second kappa shape index (κ2) is 5.70. The van der Waals surface area contributed by atoms with Crippen molar-refractivity contribution in [2.24, 2.45) is 0 Å². The van der Waals surface area contributed by atoms with Gasteiger partial charge in [-0.05, 0) is 32.9 Å². The van der Waals surface area contributed by atoms with Crippen LogP contribution in [0.15, 0.2) is 33.7 Å². The number of hydrogen-bond donors (Lipinski definition) is 0. The number of hydrogen-bond acceptors (Lipinski definition) is 6. The number of fused-ring (bicyclic) bond motifs is 1. The Labute approximate surface area is 138 Å². The minimum absolute atomic E-state index is 0.132. The van der Waals surface area contributed by atoms with Gasteiger partial charge in [-0.3, -0.25) is 0 Å². The van der Waals surface area contributed by atoms with E-state index in [-0.39, 0.29) is 10.9 Å². The summed E-state index contributed by atoms with van der Waals surface area (Å²) in [5.74, 6) is 0.297. The van der Waals surface area contributed by atoms with Gasteiger partial charge >= 0.3 is 0 Å². The van der Waals surface area contributed by atoms with Crippen molar-refractivity contribution >= 4 is 31.6 Å². The van der Waals surface area contributed by atoms with Crippen molar-refractivity contribution in [3.8, 4) is 0 Å². The lowest BCUT2D eigenvalue weighted by Gasteiger charge is -2.22. The molecular formula is C15H17N3O3S2. The molecule has 0 unspecified atom stereocenters. The summed E-state index contributed by atoms with van der Waals surface area (Å²) in [7, 11) is -2.14. The molecule has 0 aliphatic heterocycles. The number of aryl methyl sites for hydroxylation is 2. The van der Waals surface area contributed by atoms with Crippen LogP contribution in [0.3, 0.4) is 0 Å². The maximum atomic E-state index is 12.9. The monoisotopic (exact) mass is 351 g/mol. The van der Waals surface area contributed by atoms with Gasteiger partial charge in [0.15, 0.2) is 5.76 Å². The van der Waals surface area contributed by atoms with Gasteiger partial charge in [0.25, 0.3) is 0 Å². The molecule has 3 aromatic rings. The van der Waals surface area contributed by atoms with Crippen LogP contribution in [0.1, 0.15) is 29.4 Å². The van der Waals surface area contributed by atoms with Gasteiger partial charge in [-0.15, -0.1) is 11.3 Å². The zero-order chi connectivity index (χ0) is 16.8. The molecule has 6 nitrogen and oxygen atoms in total. The van der Waals surface area contributed by atoms with Gasteiger partial charge < -0.3 is 4.52 Å². The second-order valence-electron chi connectivity index (χ2n) is 5.37. The van der Waals surface area contributed by atoms with E-state index in [1.165, 1.54) is 15.6 Å². The van der Waals surface area contributed by atoms with E-state index < -0.39 is 10.0 Å². The third-order valence-corrected chi connectivity index (χ3v) is 7.20. The summed E-state index contributed by atoms with van der Waals surface area (Å²) in [6.07, 6.45) is 0. The fraction of sp³-hybridized carbons (Fsp3) is 0.333. The normalized spacial score (nSPS) is 13.8. The van der Waals surface area contributed by atoms with Gasteiger partial charge in [0.2, 0.25) is 10.0 Å². The Morgan fingerprint density at radius 1 is 1.26 bits per heavy atom. The minimum atomic E-state index is -3.70. The highest BCUT2D eigenvalue weighted by molar-refractivity contribution is 7.89. The van der Waals surface area contributed by atoms with Crippen LogP contribution in [0.5, 0.6) is 0 Å². The number of thiazole rings is 1. The molecule has 1 atom stereocenters. The molecule has 0 aliphatic rings. The Hall–Kier alpha value is -1.77. The molecule has 0 N–H and O–H groups in total. The van der Waals surface area contributed by atoms with Crippen molar-refractivity contribution in [2.45, 2.75) is 31.7 Å². The topological polar surface area (TPSA) is 76.3 Å². The zero-order valence-corrected chi connectivity index (χ0v) is 14.9. The predicted octanol–water partition coefficient (Wildman–Crippen LogP) is 3.28. The van der Waals surface area contributed by atoms with Crippen LogP contribution in [0, 0.1) is 13.8 Å². The van der Waals surface area contributed by atoms with Crippen LogP contribution in [-0.2, 0) is 10.0 Å². The quantitative estimate of drug-likeness (QED) is 0.721. The third-order valence-electron chi connectivity index (χ3n) is 3.82. The average Bonchev–Trinajstić information content (AvgIpc) is 3.09. The van der Waals surface area contributed by atoms with E-state index in [1.54, 1.807) is 20.9 Å². The molecule has 0 saturated carbocycles. The maximum Gasteiger partial charge on any atom is 0.248 e.